The number of nitrogens with zero attached hydrogens (tertiary/aromatic N) is 5. The van der Waals surface area contributed by atoms with Crippen LogP contribution >= 0.6 is 23.1 Å². The van der Waals surface area contributed by atoms with E-state index >= 15 is 0 Å². The molecule has 0 bridgehead atoms. The van der Waals surface area contributed by atoms with E-state index < -0.39 is 11.9 Å². The molecule has 3 aromatic heterocycles. The van der Waals surface area contributed by atoms with Gasteiger partial charge in [0.1, 0.15) is 11.0 Å². The van der Waals surface area contributed by atoms with Crippen LogP contribution in [0.4, 0.5) is 5.00 Å². The predicted octanol–water partition coefficient (Wildman–Crippen LogP) is 3.03. The average molecular weight is 519 g/mol. The maximum Gasteiger partial charge on any atom is 0.309 e. The fourth-order valence-electron chi connectivity index (χ4n) is 3.69. The molecule has 182 valence electrons. The molecule has 0 unspecified atom stereocenters. The normalized spacial score (nSPS) is 15.1. The average Bonchev–Trinajstić information content (AvgIpc) is 3.57. The maximum absolute atomic E-state index is 13.2. The van der Waals surface area contributed by atoms with Crippen molar-refractivity contribution in [1.29, 1.82) is 0 Å². The summed E-state index contributed by atoms with van der Waals surface area (Å²) in [4.78, 5) is 29.5. The third-order valence-electron chi connectivity index (χ3n) is 5.59. The zero-order valence-electron chi connectivity index (χ0n) is 19.8. The Morgan fingerprint density at radius 1 is 1.22 bits per heavy atom. The minimum Gasteiger partial charge on any atom is -0.417 e. The summed E-state index contributed by atoms with van der Waals surface area (Å²) in [5.74, 6) is 6.10. The Hall–Kier alpha value is -3.88. The molecule has 0 saturated heterocycles. The topological polar surface area (TPSA) is 106 Å². The number of amides is 2. The lowest BCUT2D eigenvalue weighted by molar-refractivity contribution is -0.119. The number of rotatable bonds is 4. The molecule has 4 aromatic rings. The first-order valence-corrected chi connectivity index (χ1v) is 12.9. The van der Waals surface area contributed by atoms with Gasteiger partial charge in [-0.3, -0.25) is 14.3 Å². The van der Waals surface area contributed by atoms with Crippen LogP contribution in [0.5, 0.6) is 0 Å². The number of nitrogens with one attached hydrogen (secondary N) is 1. The van der Waals surface area contributed by atoms with Gasteiger partial charge in [0.05, 0.1) is 23.1 Å². The highest BCUT2D eigenvalue weighted by atomic mass is 32.2. The Morgan fingerprint density at radius 2 is 2.03 bits per heavy atom. The predicted molar refractivity (Wildman–Crippen MR) is 137 cm³/mol. The first kappa shape index (κ1) is 23.8. The van der Waals surface area contributed by atoms with Gasteiger partial charge in [0.25, 0.3) is 5.91 Å². The van der Waals surface area contributed by atoms with E-state index in [-0.39, 0.29) is 11.8 Å². The van der Waals surface area contributed by atoms with Crippen LogP contribution in [0, 0.1) is 18.8 Å². The van der Waals surface area contributed by atoms with Crippen LogP contribution in [-0.4, -0.2) is 50.6 Å². The highest BCUT2D eigenvalue weighted by Crippen LogP contribution is 2.43. The molecule has 0 saturated carbocycles. The highest BCUT2D eigenvalue weighted by molar-refractivity contribution is 7.99. The van der Waals surface area contributed by atoms with Crippen molar-refractivity contribution in [2.24, 2.45) is 7.05 Å². The number of thiophene rings is 1. The van der Waals surface area contributed by atoms with Crippen LogP contribution in [0.1, 0.15) is 38.1 Å². The lowest BCUT2D eigenvalue weighted by Crippen LogP contribution is -2.48. The van der Waals surface area contributed by atoms with E-state index in [0.29, 0.717) is 18.1 Å². The molecular weight excluding hydrogens is 496 g/mol. The van der Waals surface area contributed by atoms with E-state index in [1.807, 2.05) is 50.5 Å². The number of aryl methyl sites for hydroxylation is 1. The molecule has 0 radical (unpaired) electrons. The third kappa shape index (κ3) is 4.91. The second kappa shape index (κ2) is 10.0. The monoisotopic (exact) mass is 518 g/mol. The molecular formula is C25H22N6O3S2. The highest BCUT2D eigenvalue weighted by Gasteiger charge is 2.33. The molecule has 4 heterocycles. The molecule has 1 N–H and O–H groups in total. The number of carbonyl (C=O) groups excluding carboxylic acids is 2. The summed E-state index contributed by atoms with van der Waals surface area (Å²) in [5.41, 5.74) is 2.84. The number of likely N-dealkylation sites (N-methyl/N-ethyl adjacent to an activating group) is 1. The number of benzene rings is 1. The van der Waals surface area contributed by atoms with E-state index in [2.05, 4.69) is 32.5 Å². The van der Waals surface area contributed by atoms with Crippen LogP contribution < -0.4 is 10.2 Å². The van der Waals surface area contributed by atoms with E-state index in [9.17, 15) is 9.59 Å². The van der Waals surface area contributed by atoms with Gasteiger partial charge < -0.3 is 14.6 Å². The molecule has 0 spiro atoms. The van der Waals surface area contributed by atoms with Crippen LogP contribution in [0.25, 0.3) is 0 Å². The Kier molecular flexibility index (Phi) is 6.63. The molecule has 0 aliphatic carbocycles. The van der Waals surface area contributed by atoms with Crippen molar-refractivity contribution >= 4 is 39.9 Å². The number of aromatic nitrogens is 4. The third-order valence-corrected chi connectivity index (χ3v) is 8.29. The van der Waals surface area contributed by atoms with Crippen molar-refractivity contribution in [1.82, 2.24) is 25.3 Å². The molecule has 36 heavy (non-hydrogen) atoms. The number of fused-ring (bicyclic) bond motifs is 1. The van der Waals surface area contributed by atoms with Gasteiger partial charge in [-0.25, -0.2) is 0 Å². The lowest BCUT2D eigenvalue weighted by atomic mass is 10.2. The molecule has 1 atom stereocenters. The second-order valence-electron chi connectivity index (χ2n) is 8.24. The van der Waals surface area contributed by atoms with Crippen LogP contribution in [-0.2, 0) is 18.3 Å². The van der Waals surface area contributed by atoms with E-state index in [1.54, 1.807) is 22.8 Å². The molecule has 0 fully saturated rings. The first-order chi connectivity index (χ1) is 17.4. The molecule has 9 nitrogen and oxygen atoms in total. The van der Waals surface area contributed by atoms with Gasteiger partial charge in [0, 0.05) is 30.9 Å². The van der Waals surface area contributed by atoms with Crippen molar-refractivity contribution in [3.8, 4) is 11.8 Å². The van der Waals surface area contributed by atoms with Gasteiger partial charge in [0.2, 0.25) is 5.89 Å². The van der Waals surface area contributed by atoms with Gasteiger partial charge in [-0.2, -0.15) is 5.10 Å². The van der Waals surface area contributed by atoms with Gasteiger partial charge in [-0.15, -0.1) is 33.3 Å². The second-order valence-corrected chi connectivity index (χ2v) is 10.3. The molecule has 1 aromatic carbocycles. The van der Waals surface area contributed by atoms with Gasteiger partial charge in [-0.1, -0.05) is 42.2 Å². The first-order valence-electron chi connectivity index (χ1n) is 11.1. The largest absolute Gasteiger partial charge is 0.417 e. The minimum atomic E-state index is -0.735. The maximum atomic E-state index is 13.2. The van der Waals surface area contributed by atoms with Crippen LogP contribution in [0.3, 0.4) is 0 Å². The molecule has 1 aliphatic rings. The van der Waals surface area contributed by atoms with E-state index in [0.717, 1.165) is 31.5 Å². The van der Waals surface area contributed by atoms with Crippen molar-refractivity contribution in [2.75, 3.05) is 17.7 Å². The number of anilines is 1. The smallest absolute Gasteiger partial charge is 0.309 e. The molecule has 5 rings (SSSR count). The van der Waals surface area contributed by atoms with Crippen molar-refractivity contribution < 1.29 is 14.0 Å². The van der Waals surface area contributed by atoms with Crippen molar-refractivity contribution in [3.05, 3.63) is 76.1 Å². The fraction of sp³-hybridized carbons (Fsp3) is 0.240. The Morgan fingerprint density at radius 3 is 2.78 bits per heavy atom. The van der Waals surface area contributed by atoms with E-state index in [4.69, 9.17) is 4.42 Å². The number of hydrogen-bond donors (Lipinski definition) is 1. The van der Waals surface area contributed by atoms with Crippen LogP contribution in [0.2, 0.25) is 0 Å². The zero-order chi connectivity index (χ0) is 25.2. The van der Waals surface area contributed by atoms with E-state index in [1.165, 1.54) is 23.1 Å². The Balaban J connectivity index is 1.28. The summed E-state index contributed by atoms with van der Waals surface area (Å²) < 4.78 is 7.25. The summed E-state index contributed by atoms with van der Waals surface area (Å²) in [6.07, 6.45) is 3.99. The summed E-state index contributed by atoms with van der Waals surface area (Å²) in [6, 6.07) is 8.91. The van der Waals surface area contributed by atoms with Gasteiger partial charge >= 0.3 is 11.8 Å². The summed E-state index contributed by atoms with van der Waals surface area (Å²) in [7, 11) is 3.56. The number of hydrogen-bond acceptors (Lipinski definition) is 8. The number of thioether (sulfide) groups is 1. The van der Waals surface area contributed by atoms with Crippen molar-refractivity contribution in [3.63, 3.8) is 0 Å². The summed E-state index contributed by atoms with van der Waals surface area (Å²) >= 11 is 2.99. The zero-order valence-corrected chi connectivity index (χ0v) is 21.4. The van der Waals surface area contributed by atoms with Crippen LogP contribution in [0.15, 0.2) is 52.0 Å². The van der Waals surface area contributed by atoms with Gasteiger partial charge in [0.15, 0.2) is 0 Å². The quantitative estimate of drug-likeness (QED) is 0.414. The standard InChI is InChI=1S/C25H22N6O3S2/c1-15-19(10-9-17-12-26-30(2)13-17)36-25-21(15)35-14-18(24(33)31(25)3)27-22(32)23-29-28-20(34-23)11-16-7-5-4-6-8-16/h4-8,12-13,18H,11,14H2,1-3H3,(H,27,32)/t18-/m0/s1. The molecule has 1 aliphatic heterocycles. The SMILES string of the molecule is Cc1c(C#Cc2cnn(C)c2)sc2c1SC[C@H](NC(=O)c1nnc(Cc3ccccc3)o1)C(=O)N2C. The summed E-state index contributed by atoms with van der Waals surface area (Å²) in [6.45, 7) is 2.00. The molecule has 2 amide bonds. The van der Waals surface area contributed by atoms with Gasteiger partial charge in [-0.05, 0) is 18.1 Å². The molecule has 11 heteroatoms. The summed E-state index contributed by atoms with van der Waals surface area (Å²) in [5, 5.41) is 15.6. The Bertz CT molecular complexity index is 1490. The van der Waals surface area contributed by atoms with Crippen molar-refractivity contribution in [2.45, 2.75) is 24.3 Å². The minimum absolute atomic E-state index is 0.162. The lowest BCUT2D eigenvalue weighted by Gasteiger charge is -2.19. The fourth-order valence-corrected chi connectivity index (χ4v) is 6.22. The number of carbonyl (C=O) groups is 2. The Labute approximate surface area is 215 Å².